The lowest BCUT2D eigenvalue weighted by Gasteiger charge is -2.07. The van der Waals surface area contributed by atoms with Crippen molar-refractivity contribution in [2.45, 2.75) is 20.8 Å². The van der Waals surface area contributed by atoms with E-state index in [-0.39, 0.29) is 5.06 Å². The average molecular weight is 205 g/mol. The quantitative estimate of drug-likeness (QED) is 0.517. The Morgan fingerprint density at radius 1 is 1.07 bits per heavy atom. The summed E-state index contributed by atoms with van der Waals surface area (Å²) in [5.41, 5.74) is 3.31. The third-order valence-corrected chi connectivity index (χ3v) is 2.99. The number of fused-ring (bicyclic) bond motifs is 1. The second kappa shape index (κ2) is 2.90. The van der Waals surface area contributed by atoms with Crippen LogP contribution in [0.1, 0.15) is 37.4 Å². The number of hydrogen-bond donors (Lipinski definition) is 1. The molecular weight excluding hydrogens is 194 g/mol. The van der Waals surface area contributed by atoms with Gasteiger partial charge in [0.1, 0.15) is 0 Å². The molecule has 4 nitrogen and oxygen atoms in total. The Morgan fingerprint density at radius 2 is 1.67 bits per heavy atom. The number of carbonyl (C=O) groups excluding carboxylic acids is 2. The molecule has 1 aromatic carbocycles. The molecule has 0 saturated carbocycles. The number of benzene rings is 1. The molecule has 1 aliphatic heterocycles. The highest BCUT2D eigenvalue weighted by atomic mass is 16.5. The van der Waals surface area contributed by atoms with Crippen LogP contribution in [0.4, 0.5) is 0 Å². The van der Waals surface area contributed by atoms with Gasteiger partial charge in [0.2, 0.25) is 0 Å². The fourth-order valence-corrected chi connectivity index (χ4v) is 1.84. The minimum Gasteiger partial charge on any atom is -0.278 e. The molecular formula is C11H11NO3. The van der Waals surface area contributed by atoms with Crippen LogP contribution in [0.2, 0.25) is 0 Å². The molecule has 2 amide bonds. The van der Waals surface area contributed by atoms with E-state index in [0.717, 1.165) is 16.7 Å². The van der Waals surface area contributed by atoms with Crippen LogP contribution in [0.15, 0.2) is 6.07 Å². The minimum absolute atomic E-state index is 0.177. The summed E-state index contributed by atoms with van der Waals surface area (Å²) >= 11 is 0. The van der Waals surface area contributed by atoms with E-state index in [1.807, 2.05) is 13.8 Å². The summed E-state index contributed by atoms with van der Waals surface area (Å²) in [6.45, 7) is 5.55. The largest absolute Gasteiger partial charge is 0.285 e. The van der Waals surface area contributed by atoms with Crippen molar-refractivity contribution >= 4 is 11.8 Å². The summed E-state index contributed by atoms with van der Waals surface area (Å²) in [5.74, 6) is -1.27. The van der Waals surface area contributed by atoms with Gasteiger partial charge in [-0.2, -0.15) is 0 Å². The molecule has 0 atom stereocenters. The molecule has 0 radical (unpaired) electrons. The van der Waals surface area contributed by atoms with Crippen LogP contribution in [0.3, 0.4) is 0 Å². The molecule has 1 N–H and O–H groups in total. The Bertz CT molecular complexity index is 491. The van der Waals surface area contributed by atoms with Gasteiger partial charge in [-0.15, -0.1) is 5.06 Å². The zero-order valence-electron chi connectivity index (χ0n) is 8.79. The average Bonchev–Trinajstić information content (AvgIpc) is 2.40. The van der Waals surface area contributed by atoms with Gasteiger partial charge in [-0.05, 0) is 43.5 Å². The Hall–Kier alpha value is -1.68. The van der Waals surface area contributed by atoms with Crippen LogP contribution in [0.5, 0.6) is 0 Å². The SMILES string of the molecule is Cc1cc2c(c(C)c1C)C(=O)N(O)C2=O. The molecule has 0 saturated heterocycles. The molecule has 4 heteroatoms. The van der Waals surface area contributed by atoms with E-state index in [4.69, 9.17) is 0 Å². The smallest absolute Gasteiger partial charge is 0.278 e. The first-order chi connectivity index (χ1) is 6.95. The number of hydrogen-bond acceptors (Lipinski definition) is 3. The van der Waals surface area contributed by atoms with Crippen LogP contribution >= 0.6 is 0 Å². The number of carbonyl (C=O) groups is 2. The maximum Gasteiger partial charge on any atom is 0.285 e. The van der Waals surface area contributed by atoms with Crippen LogP contribution < -0.4 is 0 Å². The highest BCUT2D eigenvalue weighted by molar-refractivity contribution is 6.21. The van der Waals surface area contributed by atoms with Crippen molar-refractivity contribution in [2.24, 2.45) is 0 Å². The molecule has 1 heterocycles. The van der Waals surface area contributed by atoms with Gasteiger partial charge >= 0.3 is 0 Å². The molecule has 0 bridgehead atoms. The summed E-state index contributed by atoms with van der Waals surface area (Å²) in [4.78, 5) is 23.0. The summed E-state index contributed by atoms with van der Waals surface area (Å²) in [7, 11) is 0. The lowest BCUT2D eigenvalue weighted by atomic mass is 9.95. The molecule has 0 fully saturated rings. The van der Waals surface area contributed by atoms with Gasteiger partial charge in [0.25, 0.3) is 11.8 Å². The van der Waals surface area contributed by atoms with Gasteiger partial charge in [0, 0.05) is 0 Å². The third-order valence-electron chi connectivity index (χ3n) is 2.99. The van der Waals surface area contributed by atoms with Gasteiger partial charge in [0.15, 0.2) is 0 Å². The first-order valence-electron chi connectivity index (χ1n) is 4.63. The number of hydroxylamine groups is 2. The predicted molar refractivity (Wildman–Crippen MR) is 52.9 cm³/mol. The van der Waals surface area contributed by atoms with Gasteiger partial charge in [-0.3, -0.25) is 14.8 Å². The zero-order valence-corrected chi connectivity index (χ0v) is 8.79. The molecule has 2 rings (SSSR count). The monoisotopic (exact) mass is 205 g/mol. The molecule has 1 aliphatic rings. The van der Waals surface area contributed by atoms with E-state index in [9.17, 15) is 14.8 Å². The van der Waals surface area contributed by atoms with Gasteiger partial charge in [0.05, 0.1) is 11.1 Å². The fourth-order valence-electron chi connectivity index (χ4n) is 1.84. The number of nitrogens with zero attached hydrogens (tertiary/aromatic N) is 1. The standard InChI is InChI=1S/C11H11NO3/c1-5-4-8-9(7(3)6(5)2)11(14)12(15)10(8)13/h4,15H,1-3H3. The van der Waals surface area contributed by atoms with Crippen molar-refractivity contribution in [3.05, 3.63) is 33.9 Å². The third kappa shape index (κ3) is 1.11. The highest BCUT2D eigenvalue weighted by Gasteiger charge is 2.36. The summed E-state index contributed by atoms with van der Waals surface area (Å²) in [5, 5.41) is 9.41. The van der Waals surface area contributed by atoms with Crippen molar-refractivity contribution in [2.75, 3.05) is 0 Å². The van der Waals surface area contributed by atoms with E-state index in [1.54, 1.807) is 13.0 Å². The lowest BCUT2D eigenvalue weighted by Crippen LogP contribution is -2.25. The minimum atomic E-state index is -0.638. The molecule has 0 aromatic heterocycles. The zero-order chi connectivity index (χ0) is 11.3. The predicted octanol–water partition coefficient (Wildman–Crippen LogP) is 1.60. The van der Waals surface area contributed by atoms with Crippen LogP contribution in [-0.4, -0.2) is 22.1 Å². The van der Waals surface area contributed by atoms with Crippen molar-refractivity contribution in [3.8, 4) is 0 Å². The lowest BCUT2D eigenvalue weighted by molar-refractivity contribution is -0.0327. The normalized spacial score (nSPS) is 14.8. The van der Waals surface area contributed by atoms with E-state index in [2.05, 4.69) is 0 Å². The highest BCUT2D eigenvalue weighted by Crippen LogP contribution is 2.28. The second-order valence-corrected chi connectivity index (χ2v) is 3.79. The first kappa shape index (κ1) is 9.86. The van der Waals surface area contributed by atoms with Gasteiger partial charge in [-0.1, -0.05) is 0 Å². The van der Waals surface area contributed by atoms with Crippen LogP contribution in [0.25, 0.3) is 0 Å². The molecule has 15 heavy (non-hydrogen) atoms. The van der Waals surface area contributed by atoms with Crippen molar-refractivity contribution in [1.29, 1.82) is 0 Å². The number of aryl methyl sites for hydroxylation is 1. The fraction of sp³-hybridized carbons (Fsp3) is 0.273. The van der Waals surface area contributed by atoms with E-state index >= 15 is 0 Å². The Morgan fingerprint density at radius 3 is 2.27 bits per heavy atom. The van der Waals surface area contributed by atoms with Gasteiger partial charge in [-0.25, -0.2) is 0 Å². The van der Waals surface area contributed by atoms with Crippen molar-refractivity contribution in [3.63, 3.8) is 0 Å². The van der Waals surface area contributed by atoms with Crippen molar-refractivity contribution in [1.82, 2.24) is 5.06 Å². The molecule has 1 aromatic rings. The Balaban J connectivity index is 2.81. The van der Waals surface area contributed by atoms with Gasteiger partial charge < -0.3 is 0 Å². The molecule has 0 spiro atoms. The molecule has 0 unspecified atom stereocenters. The van der Waals surface area contributed by atoms with Crippen LogP contribution in [-0.2, 0) is 0 Å². The topological polar surface area (TPSA) is 57.6 Å². The van der Waals surface area contributed by atoms with E-state index in [0.29, 0.717) is 11.1 Å². The first-order valence-corrected chi connectivity index (χ1v) is 4.63. The molecule has 78 valence electrons. The summed E-state index contributed by atoms with van der Waals surface area (Å²) in [6.07, 6.45) is 0. The number of rotatable bonds is 0. The second-order valence-electron chi connectivity index (χ2n) is 3.79. The number of imide groups is 1. The Kier molecular flexibility index (Phi) is 1.91. The summed E-state index contributed by atoms with van der Waals surface area (Å²) in [6, 6.07) is 1.65. The maximum absolute atomic E-state index is 11.5. The van der Waals surface area contributed by atoms with E-state index in [1.165, 1.54) is 0 Å². The maximum atomic E-state index is 11.5. The summed E-state index contributed by atoms with van der Waals surface area (Å²) < 4.78 is 0. The van der Waals surface area contributed by atoms with Crippen LogP contribution in [0, 0.1) is 20.8 Å². The van der Waals surface area contributed by atoms with Crippen molar-refractivity contribution < 1.29 is 14.8 Å². The Labute approximate surface area is 87.1 Å². The van der Waals surface area contributed by atoms with E-state index < -0.39 is 11.8 Å². The number of amides is 2. The molecule has 0 aliphatic carbocycles.